The summed E-state index contributed by atoms with van der Waals surface area (Å²) in [6.45, 7) is 3.85. The minimum Gasteiger partial charge on any atom is -0.497 e. The molecule has 132 valence electrons. The Balaban J connectivity index is 2.21. The highest BCUT2D eigenvalue weighted by Gasteiger charge is 2.19. The third kappa shape index (κ3) is 5.26. The summed E-state index contributed by atoms with van der Waals surface area (Å²) in [7, 11) is 1.58. The van der Waals surface area contributed by atoms with Crippen LogP contribution in [0.25, 0.3) is 0 Å². The van der Waals surface area contributed by atoms with Crippen molar-refractivity contribution in [1.82, 2.24) is 5.43 Å². The van der Waals surface area contributed by atoms with Crippen LogP contribution in [-0.4, -0.2) is 23.3 Å². The fourth-order valence-electron chi connectivity index (χ4n) is 2.26. The lowest BCUT2D eigenvalue weighted by atomic mass is 10.1. The molecule has 1 unspecified atom stereocenters. The molecule has 0 fully saturated rings. The van der Waals surface area contributed by atoms with Gasteiger partial charge >= 0.3 is 5.97 Å². The van der Waals surface area contributed by atoms with Crippen molar-refractivity contribution >= 4 is 11.7 Å². The lowest BCUT2D eigenvalue weighted by molar-refractivity contribution is -0.136. The van der Waals surface area contributed by atoms with Crippen LogP contribution in [0.1, 0.15) is 24.6 Å². The molecule has 0 aliphatic heterocycles. The molecule has 0 saturated heterocycles. The van der Waals surface area contributed by atoms with Crippen molar-refractivity contribution in [2.24, 2.45) is 0 Å². The number of nitrogens with zero attached hydrogens (tertiary/aromatic N) is 1. The lowest BCUT2D eigenvalue weighted by Gasteiger charge is -2.32. The van der Waals surface area contributed by atoms with Gasteiger partial charge in [-0.15, -0.1) is 0 Å². The van der Waals surface area contributed by atoms with Gasteiger partial charge in [0, 0.05) is 11.3 Å². The average molecular weight is 342 g/mol. The number of rotatable bonds is 9. The van der Waals surface area contributed by atoms with Gasteiger partial charge in [0.25, 0.3) is 0 Å². The predicted molar refractivity (Wildman–Crippen MR) is 96.0 cm³/mol. The van der Waals surface area contributed by atoms with E-state index in [1.165, 1.54) is 0 Å². The van der Waals surface area contributed by atoms with Crippen molar-refractivity contribution in [3.63, 3.8) is 0 Å². The number of carbonyl (C=O) groups is 1. The van der Waals surface area contributed by atoms with Gasteiger partial charge in [0.05, 0.1) is 19.2 Å². The largest absolute Gasteiger partial charge is 0.497 e. The normalized spacial score (nSPS) is 11.4. The van der Waals surface area contributed by atoms with Crippen molar-refractivity contribution in [3.05, 3.63) is 72.4 Å². The Bertz CT molecular complexity index is 701. The second-order valence-corrected chi connectivity index (χ2v) is 5.46. The Morgan fingerprint density at radius 3 is 2.36 bits per heavy atom. The van der Waals surface area contributed by atoms with Crippen LogP contribution in [0.3, 0.4) is 0 Å². The zero-order chi connectivity index (χ0) is 18.2. The van der Waals surface area contributed by atoms with Crippen LogP contribution in [0.4, 0.5) is 5.69 Å². The summed E-state index contributed by atoms with van der Waals surface area (Å²) in [6.07, 6.45) is -0.768. The molecular weight excluding hydrogens is 320 g/mol. The van der Waals surface area contributed by atoms with E-state index in [0.29, 0.717) is 17.0 Å². The highest BCUT2D eigenvalue weighted by molar-refractivity contribution is 5.67. The van der Waals surface area contributed by atoms with Gasteiger partial charge in [0.2, 0.25) is 0 Å². The summed E-state index contributed by atoms with van der Waals surface area (Å²) >= 11 is 0. The lowest BCUT2D eigenvalue weighted by Crippen LogP contribution is -2.40. The Labute approximate surface area is 146 Å². The van der Waals surface area contributed by atoms with Gasteiger partial charge in [-0.3, -0.25) is 9.80 Å². The van der Waals surface area contributed by atoms with Gasteiger partial charge in [-0.05, 0) is 30.7 Å². The third-order valence-electron chi connectivity index (χ3n) is 3.61. The first-order valence-electron chi connectivity index (χ1n) is 7.84. The smallest absolute Gasteiger partial charge is 0.303 e. The summed E-state index contributed by atoms with van der Waals surface area (Å²) < 4.78 is 5.13. The number of hydrogen-bond acceptors (Lipinski definition) is 5. The van der Waals surface area contributed by atoms with E-state index >= 15 is 0 Å². The molecule has 0 aliphatic carbocycles. The van der Waals surface area contributed by atoms with E-state index in [-0.39, 0.29) is 12.8 Å². The quantitative estimate of drug-likeness (QED) is 0.480. The Hall–Kier alpha value is -2.99. The topological polar surface area (TPSA) is 82.0 Å². The molecule has 0 heterocycles. The summed E-state index contributed by atoms with van der Waals surface area (Å²) in [6, 6.07) is 16.3. The van der Waals surface area contributed by atoms with Gasteiger partial charge in [0.1, 0.15) is 5.75 Å². The van der Waals surface area contributed by atoms with E-state index in [9.17, 15) is 9.90 Å². The van der Waals surface area contributed by atoms with Gasteiger partial charge in [-0.25, -0.2) is 0 Å². The number of hydrogen-bond donors (Lipinski definition) is 3. The fraction of sp³-hybridized carbons (Fsp3) is 0.211. The monoisotopic (exact) mass is 342 g/mol. The number of aliphatic carboxylic acids is 1. The summed E-state index contributed by atoms with van der Waals surface area (Å²) in [5, 5.41) is 21.1. The van der Waals surface area contributed by atoms with Crippen LogP contribution in [0.5, 0.6) is 5.75 Å². The molecule has 0 bridgehead atoms. The van der Waals surface area contributed by atoms with Crippen LogP contribution < -0.4 is 15.2 Å². The Morgan fingerprint density at radius 1 is 1.16 bits per heavy atom. The van der Waals surface area contributed by atoms with E-state index in [4.69, 9.17) is 9.84 Å². The molecule has 0 aromatic heterocycles. The highest BCUT2D eigenvalue weighted by Crippen LogP contribution is 2.25. The number of carboxylic acids is 1. The zero-order valence-electron chi connectivity index (χ0n) is 14.1. The molecular formula is C19H22N2O4. The number of aliphatic hydroxyl groups excluding tert-OH is 1. The van der Waals surface area contributed by atoms with Crippen molar-refractivity contribution in [2.45, 2.75) is 19.1 Å². The summed E-state index contributed by atoms with van der Waals surface area (Å²) in [5.74, 6) is -0.203. The van der Waals surface area contributed by atoms with Gasteiger partial charge in [0.15, 0.2) is 6.23 Å². The maximum atomic E-state index is 10.8. The third-order valence-corrected chi connectivity index (χ3v) is 3.61. The Morgan fingerprint density at radius 2 is 1.80 bits per heavy atom. The van der Waals surface area contributed by atoms with Crippen molar-refractivity contribution < 1.29 is 19.7 Å². The predicted octanol–water partition coefficient (Wildman–Crippen LogP) is 3.08. The van der Waals surface area contributed by atoms with Crippen molar-refractivity contribution in [2.75, 3.05) is 12.1 Å². The van der Waals surface area contributed by atoms with E-state index in [2.05, 4.69) is 12.0 Å². The van der Waals surface area contributed by atoms with Crippen LogP contribution >= 0.6 is 0 Å². The number of methoxy groups -OCH3 is 1. The molecule has 6 heteroatoms. The van der Waals surface area contributed by atoms with E-state index < -0.39 is 12.2 Å². The maximum absolute atomic E-state index is 10.8. The molecule has 6 nitrogen and oxygen atoms in total. The minimum atomic E-state index is -0.991. The fourth-order valence-corrected chi connectivity index (χ4v) is 2.26. The molecule has 0 amide bonds. The number of para-hydroxylation sites is 1. The molecule has 2 aromatic carbocycles. The van der Waals surface area contributed by atoms with E-state index in [1.54, 1.807) is 36.4 Å². The first-order valence-corrected chi connectivity index (χ1v) is 7.84. The molecule has 1 atom stereocenters. The van der Waals surface area contributed by atoms with Crippen molar-refractivity contribution in [1.29, 1.82) is 0 Å². The average Bonchev–Trinajstić information content (AvgIpc) is 2.64. The second-order valence-electron chi connectivity index (χ2n) is 5.46. The maximum Gasteiger partial charge on any atom is 0.303 e. The number of nitrogens with one attached hydrogen (secondary N) is 1. The molecule has 0 saturated carbocycles. The number of aliphatic hydroxyl groups is 1. The minimum absolute atomic E-state index is 0.0346. The molecule has 0 aliphatic rings. The van der Waals surface area contributed by atoms with E-state index in [0.717, 1.165) is 5.69 Å². The Kier molecular flexibility index (Phi) is 6.42. The van der Waals surface area contributed by atoms with Gasteiger partial charge in [-0.2, -0.15) is 0 Å². The summed E-state index contributed by atoms with van der Waals surface area (Å²) in [4.78, 5) is 10.7. The van der Waals surface area contributed by atoms with Crippen LogP contribution in [0, 0.1) is 0 Å². The molecule has 2 rings (SSSR count). The first kappa shape index (κ1) is 18.4. The molecule has 0 radical (unpaired) electrons. The van der Waals surface area contributed by atoms with Crippen LogP contribution in [-0.2, 0) is 4.79 Å². The van der Waals surface area contributed by atoms with E-state index in [1.807, 2.05) is 30.3 Å². The number of anilines is 1. The highest BCUT2D eigenvalue weighted by atomic mass is 16.5. The first-order chi connectivity index (χ1) is 12.0. The molecule has 3 N–H and O–H groups in total. The summed E-state index contributed by atoms with van der Waals surface area (Å²) in [5.41, 5.74) is 4.89. The zero-order valence-corrected chi connectivity index (χ0v) is 14.1. The van der Waals surface area contributed by atoms with Gasteiger partial charge < -0.3 is 20.4 Å². The van der Waals surface area contributed by atoms with Crippen LogP contribution in [0.2, 0.25) is 0 Å². The second kappa shape index (κ2) is 8.75. The number of ether oxygens (including phenoxy) is 1. The van der Waals surface area contributed by atoms with Crippen molar-refractivity contribution in [3.8, 4) is 5.75 Å². The molecule has 25 heavy (non-hydrogen) atoms. The SMILES string of the molecule is C=C(CCC(=O)O)NN(c1ccccc1)C(O)c1ccc(OC)cc1. The number of benzene rings is 2. The number of hydrazine groups is 1. The number of carboxylic acid groups (broad SMARTS) is 1. The molecule has 0 spiro atoms. The van der Waals surface area contributed by atoms with Gasteiger partial charge in [-0.1, -0.05) is 36.9 Å². The number of allylic oxidation sites excluding steroid dienone is 1. The van der Waals surface area contributed by atoms with Crippen LogP contribution in [0.15, 0.2) is 66.9 Å². The molecule has 2 aromatic rings. The standard InChI is InChI=1S/C19H22N2O4/c1-14(8-13-18(22)23)20-21(16-6-4-3-5-7-16)19(24)15-9-11-17(25-2)12-10-15/h3-7,9-12,19-20,24H,1,8,13H2,2H3,(H,22,23).